The first kappa shape index (κ1) is 11.0. The molecule has 18 heavy (non-hydrogen) atoms. The maximum absolute atomic E-state index is 11.3. The highest BCUT2D eigenvalue weighted by atomic mass is 16.1. The third-order valence-corrected chi connectivity index (χ3v) is 3.54. The molecule has 0 aromatic heterocycles. The summed E-state index contributed by atoms with van der Waals surface area (Å²) in [5.41, 5.74) is 4.38. The minimum atomic E-state index is 0.784. The Labute approximate surface area is 106 Å². The first-order valence-electron chi connectivity index (χ1n) is 6.14. The lowest BCUT2D eigenvalue weighted by Gasteiger charge is -2.10. The molecule has 1 nitrogen and oxygen atoms in total. The predicted octanol–water partition coefficient (Wildman–Crippen LogP) is 4.39. The van der Waals surface area contributed by atoms with Crippen LogP contribution in [-0.4, -0.2) is 6.29 Å². The van der Waals surface area contributed by atoms with Gasteiger partial charge < -0.3 is 0 Å². The minimum absolute atomic E-state index is 0.784. The first-order chi connectivity index (χ1) is 8.79. The van der Waals surface area contributed by atoms with Crippen molar-refractivity contribution in [2.75, 3.05) is 0 Å². The van der Waals surface area contributed by atoms with E-state index in [1.807, 2.05) is 24.3 Å². The summed E-state index contributed by atoms with van der Waals surface area (Å²) in [6.07, 6.45) is 6.15. The van der Waals surface area contributed by atoms with Crippen LogP contribution in [0.3, 0.4) is 0 Å². The van der Waals surface area contributed by atoms with E-state index < -0.39 is 0 Å². The van der Waals surface area contributed by atoms with Crippen LogP contribution in [0.2, 0.25) is 0 Å². The van der Waals surface area contributed by atoms with E-state index in [0.717, 1.165) is 29.2 Å². The average molecular weight is 234 g/mol. The van der Waals surface area contributed by atoms with Crippen LogP contribution in [-0.2, 0) is 0 Å². The summed E-state index contributed by atoms with van der Waals surface area (Å²) in [5, 5.41) is 2.30. The molecular weight excluding hydrogens is 220 g/mol. The van der Waals surface area contributed by atoms with Gasteiger partial charge in [0.25, 0.3) is 0 Å². The van der Waals surface area contributed by atoms with E-state index in [-0.39, 0.29) is 0 Å². The Bertz CT molecular complexity index is 690. The third-order valence-electron chi connectivity index (χ3n) is 3.54. The molecule has 0 saturated heterocycles. The molecule has 0 atom stereocenters. The lowest BCUT2D eigenvalue weighted by molar-refractivity contribution is 0.112. The Morgan fingerprint density at radius 3 is 2.44 bits per heavy atom. The molecule has 1 aliphatic carbocycles. The van der Waals surface area contributed by atoms with Gasteiger partial charge in [0.2, 0.25) is 0 Å². The summed E-state index contributed by atoms with van der Waals surface area (Å²) >= 11 is 0. The lowest BCUT2D eigenvalue weighted by atomic mass is 9.94. The molecule has 0 amide bonds. The van der Waals surface area contributed by atoms with E-state index in [1.165, 1.54) is 16.5 Å². The molecule has 2 aromatic rings. The Morgan fingerprint density at radius 1 is 1.11 bits per heavy atom. The summed E-state index contributed by atoms with van der Waals surface area (Å²) in [6.45, 7) is 2.10. The molecule has 0 aliphatic heterocycles. The maximum Gasteiger partial charge on any atom is 0.150 e. The van der Waals surface area contributed by atoms with Crippen LogP contribution in [0.5, 0.6) is 0 Å². The van der Waals surface area contributed by atoms with Gasteiger partial charge in [0, 0.05) is 5.56 Å². The van der Waals surface area contributed by atoms with Crippen LogP contribution in [0, 0.1) is 0 Å². The van der Waals surface area contributed by atoms with Crippen LogP contribution in [0.25, 0.3) is 16.3 Å². The summed E-state index contributed by atoms with van der Waals surface area (Å²) < 4.78 is 0. The smallest absolute Gasteiger partial charge is 0.150 e. The van der Waals surface area contributed by atoms with Crippen molar-refractivity contribution >= 4 is 22.6 Å². The van der Waals surface area contributed by atoms with Crippen molar-refractivity contribution in [2.45, 2.75) is 13.3 Å². The van der Waals surface area contributed by atoms with Gasteiger partial charge in [-0.3, -0.25) is 4.79 Å². The van der Waals surface area contributed by atoms with E-state index in [9.17, 15) is 4.79 Å². The first-order valence-corrected chi connectivity index (χ1v) is 6.14. The lowest BCUT2D eigenvalue weighted by Crippen LogP contribution is -1.93. The molecule has 88 valence electrons. The van der Waals surface area contributed by atoms with Crippen LogP contribution in [0.15, 0.2) is 54.1 Å². The van der Waals surface area contributed by atoms with Gasteiger partial charge in [0.1, 0.15) is 0 Å². The van der Waals surface area contributed by atoms with E-state index in [4.69, 9.17) is 0 Å². The van der Waals surface area contributed by atoms with Crippen LogP contribution in [0.4, 0.5) is 0 Å². The van der Waals surface area contributed by atoms with E-state index in [2.05, 4.69) is 31.2 Å². The Balaban J connectivity index is 2.28. The van der Waals surface area contributed by atoms with Crippen molar-refractivity contribution in [3.05, 3.63) is 65.3 Å². The summed E-state index contributed by atoms with van der Waals surface area (Å²) in [4.78, 5) is 11.3. The van der Waals surface area contributed by atoms with Gasteiger partial charge >= 0.3 is 0 Å². The minimum Gasteiger partial charge on any atom is -0.298 e. The number of carbonyl (C=O) groups excluding carboxylic acids is 1. The van der Waals surface area contributed by atoms with Crippen LogP contribution in [0.1, 0.15) is 29.3 Å². The van der Waals surface area contributed by atoms with Crippen LogP contribution < -0.4 is 0 Å². The molecule has 0 spiro atoms. The maximum atomic E-state index is 11.3. The number of carbonyl (C=O) groups is 1. The number of rotatable bonds is 2. The molecule has 2 aromatic carbocycles. The zero-order valence-electron chi connectivity index (χ0n) is 10.3. The molecule has 0 unspecified atom stereocenters. The molecule has 0 saturated carbocycles. The van der Waals surface area contributed by atoms with Crippen LogP contribution >= 0.6 is 0 Å². The third kappa shape index (κ3) is 1.68. The van der Waals surface area contributed by atoms with Crippen molar-refractivity contribution in [1.82, 2.24) is 0 Å². The highest BCUT2D eigenvalue weighted by Crippen LogP contribution is 2.32. The van der Waals surface area contributed by atoms with Crippen molar-refractivity contribution in [2.24, 2.45) is 0 Å². The summed E-state index contributed by atoms with van der Waals surface area (Å²) in [5.74, 6) is 0. The molecule has 0 fully saturated rings. The number of hydrogen-bond acceptors (Lipinski definition) is 1. The average Bonchev–Trinajstić information content (AvgIpc) is 2.83. The fourth-order valence-electron chi connectivity index (χ4n) is 2.55. The van der Waals surface area contributed by atoms with E-state index in [1.54, 1.807) is 0 Å². The summed E-state index contributed by atoms with van der Waals surface area (Å²) in [7, 11) is 0. The molecule has 0 N–H and O–H groups in total. The highest BCUT2D eigenvalue weighted by Gasteiger charge is 2.13. The second-order valence-electron chi connectivity index (χ2n) is 4.67. The number of benzene rings is 2. The molecule has 3 rings (SSSR count). The highest BCUT2D eigenvalue weighted by molar-refractivity contribution is 5.96. The Hall–Kier alpha value is -2.15. The predicted molar refractivity (Wildman–Crippen MR) is 75.7 cm³/mol. The molecule has 1 aliphatic rings. The number of hydrogen-bond donors (Lipinski definition) is 0. The monoisotopic (exact) mass is 234 g/mol. The topological polar surface area (TPSA) is 17.1 Å². The van der Waals surface area contributed by atoms with Gasteiger partial charge in [-0.15, -0.1) is 0 Å². The summed E-state index contributed by atoms with van der Waals surface area (Å²) in [6, 6.07) is 12.3. The molecular formula is C17H14O. The van der Waals surface area contributed by atoms with Crippen molar-refractivity contribution in [3.8, 4) is 0 Å². The van der Waals surface area contributed by atoms with E-state index in [0.29, 0.717) is 0 Å². The van der Waals surface area contributed by atoms with Crippen molar-refractivity contribution < 1.29 is 4.79 Å². The SMILES string of the molecule is CC1=C(c2cc3ccccc3cc2C=O)CC=C1. The normalized spacial score (nSPS) is 14.5. The fourth-order valence-corrected chi connectivity index (χ4v) is 2.55. The zero-order valence-corrected chi connectivity index (χ0v) is 10.3. The second-order valence-corrected chi connectivity index (χ2v) is 4.67. The van der Waals surface area contributed by atoms with Gasteiger partial charge in [-0.25, -0.2) is 0 Å². The zero-order chi connectivity index (χ0) is 12.5. The fraction of sp³-hybridized carbons (Fsp3) is 0.118. The molecule has 0 heterocycles. The van der Waals surface area contributed by atoms with Crippen molar-refractivity contribution in [3.63, 3.8) is 0 Å². The van der Waals surface area contributed by atoms with Gasteiger partial charge in [0.15, 0.2) is 6.29 Å². The standard InChI is InChI=1S/C17H14O/c1-12-5-4-8-16(12)17-10-14-7-3-2-6-13(14)9-15(17)11-18/h2-7,9-11H,8H2,1H3. The van der Waals surface area contributed by atoms with Gasteiger partial charge in [-0.1, -0.05) is 36.4 Å². The Morgan fingerprint density at radius 2 is 1.83 bits per heavy atom. The van der Waals surface area contributed by atoms with Crippen molar-refractivity contribution in [1.29, 1.82) is 0 Å². The van der Waals surface area contributed by atoms with Gasteiger partial charge in [-0.2, -0.15) is 0 Å². The quantitative estimate of drug-likeness (QED) is 0.704. The number of aldehydes is 1. The van der Waals surface area contributed by atoms with E-state index >= 15 is 0 Å². The second kappa shape index (κ2) is 4.26. The Kier molecular flexibility index (Phi) is 2.60. The van der Waals surface area contributed by atoms with Gasteiger partial charge in [0.05, 0.1) is 0 Å². The molecule has 0 bridgehead atoms. The molecule has 1 heteroatoms. The molecule has 0 radical (unpaired) electrons. The largest absolute Gasteiger partial charge is 0.298 e. The van der Waals surface area contributed by atoms with Gasteiger partial charge in [-0.05, 0) is 53.0 Å². The number of fused-ring (bicyclic) bond motifs is 1. The number of allylic oxidation sites excluding steroid dienone is 4.